The van der Waals surface area contributed by atoms with Crippen molar-refractivity contribution in [2.75, 3.05) is 5.32 Å². The molecule has 0 aliphatic heterocycles. The molecule has 0 aliphatic carbocycles. The van der Waals surface area contributed by atoms with Gasteiger partial charge in [-0.25, -0.2) is 4.98 Å². The number of carbonyl (C=O) groups is 1. The zero-order valence-corrected chi connectivity index (χ0v) is 16.5. The van der Waals surface area contributed by atoms with Crippen LogP contribution in [0.3, 0.4) is 0 Å². The third kappa shape index (κ3) is 4.26. The monoisotopic (exact) mass is 388 g/mol. The predicted octanol–water partition coefficient (Wildman–Crippen LogP) is 5.99. The summed E-state index contributed by atoms with van der Waals surface area (Å²) >= 11 is 1.52. The van der Waals surface area contributed by atoms with E-state index in [0.29, 0.717) is 16.5 Å². The third-order valence-corrected chi connectivity index (χ3v) is 5.28. The summed E-state index contributed by atoms with van der Waals surface area (Å²) in [5.41, 5.74) is 6.44. The van der Waals surface area contributed by atoms with Crippen molar-refractivity contribution in [3.05, 3.63) is 89.0 Å². The molecular weight excluding hydrogens is 368 g/mol. The fraction of sp³-hybridized carbons (Fsp3) is 0.130. The minimum absolute atomic E-state index is 0.118. The summed E-state index contributed by atoms with van der Waals surface area (Å²) in [6.07, 6.45) is 0. The minimum Gasteiger partial charge on any atom is -0.431 e. The van der Waals surface area contributed by atoms with Crippen LogP contribution in [-0.2, 0) is 5.75 Å². The van der Waals surface area contributed by atoms with Gasteiger partial charge in [0.15, 0.2) is 5.58 Å². The van der Waals surface area contributed by atoms with E-state index in [1.807, 2.05) is 80.6 Å². The van der Waals surface area contributed by atoms with Gasteiger partial charge in [0.2, 0.25) is 0 Å². The van der Waals surface area contributed by atoms with Gasteiger partial charge in [-0.15, -0.1) is 0 Å². The van der Waals surface area contributed by atoms with Crippen molar-refractivity contribution in [2.45, 2.75) is 24.8 Å². The Labute approximate surface area is 168 Å². The van der Waals surface area contributed by atoms with Crippen molar-refractivity contribution in [2.24, 2.45) is 0 Å². The number of carbonyl (C=O) groups excluding carboxylic acids is 1. The molecule has 1 aromatic heterocycles. The van der Waals surface area contributed by atoms with Crippen molar-refractivity contribution in [1.29, 1.82) is 0 Å². The quantitative estimate of drug-likeness (QED) is 0.427. The maximum absolute atomic E-state index is 12.5. The highest BCUT2D eigenvalue weighted by atomic mass is 32.2. The number of nitrogens with zero attached hydrogens (tertiary/aromatic N) is 1. The van der Waals surface area contributed by atoms with Gasteiger partial charge in [0, 0.05) is 17.0 Å². The van der Waals surface area contributed by atoms with E-state index < -0.39 is 0 Å². The molecule has 0 aliphatic rings. The first-order chi connectivity index (χ1) is 13.6. The van der Waals surface area contributed by atoms with E-state index >= 15 is 0 Å². The highest BCUT2D eigenvalue weighted by molar-refractivity contribution is 7.98. The molecular formula is C23H20N2O2S. The van der Waals surface area contributed by atoms with Crippen LogP contribution < -0.4 is 5.32 Å². The number of nitrogens with one attached hydrogen (secondary N) is 1. The zero-order chi connectivity index (χ0) is 19.5. The molecule has 0 fully saturated rings. The Morgan fingerprint density at radius 1 is 1.00 bits per heavy atom. The van der Waals surface area contributed by atoms with Crippen LogP contribution in [0.2, 0.25) is 0 Å². The average molecular weight is 388 g/mol. The first-order valence-corrected chi connectivity index (χ1v) is 10.0. The SMILES string of the molecule is Cc1ccc(NC(=O)c2cccc(CSc3nc4cc(C)ccc4o3)c2)cc1. The van der Waals surface area contributed by atoms with Gasteiger partial charge in [0.25, 0.3) is 11.1 Å². The number of aromatic nitrogens is 1. The molecule has 28 heavy (non-hydrogen) atoms. The van der Waals surface area contributed by atoms with E-state index in [1.54, 1.807) is 0 Å². The summed E-state index contributed by atoms with van der Waals surface area (Å²) in [6.45, 7) is 4.05. The number of rotatable bonds is 5. The Hall–Kier alpha value is -3.05. The summed E-state index contributed by atoms with van der Waals surface area (Å²) in [5.74, 6) is 0.560. The van der Waals surface area contributed by atoms with Crippen molar-refractivity contribution < 1.29 is 9.21 Å². The molecule has 4 nitrogen and oxygen atoms in total. The predicted molar refractivity (Wildman–Crippen MR) is 114 cm³/mol. The Bertz CT molecular complexity index is 1130. The molecule has 0 spiro atoms. The van der Waals surface area contributed by atoms with Crippen molar-refractivity contribution in [3.63, 3.8) is 0 Å². The molecule has 0 bridgehead atoms. The van der Waals surface area contributed by atoms with Crippen molar-refractivity contribution in [3.8, 4) is 0 Å². The van der Waals surface area contributed by atoms with Crippen LogP contribution in [0.15, 0.2) is 76.4 Å². The van der Waals surface area contributed by atoms with Crippen molar-refractivity contribution >= 4 is 34.5 Å². The number of amides is 1. The van der Waals surface area contributed by atoms with E-state index in [9.17, 15) is 4.79 Å². The Morgan fingerprint density at radius 3 is 2.61 bits per heavy atom. The number of fused-ring (bicyclic) bond motifs is 1. The number of hydrogen-bond donors (Lipinski definition) is 1. The molecule has 0 saturated heterocycles. The smallest absolute Gasteiger partial charge is 0.257 e. The lowest BCUT2D eigenvalue weighted by molar-refractivity contribution is 0.102. The molecule has 140 valence electrons. The lowest BCUT2D eigenvalue weighted by Crippen LogP contribution is -2.12. The molecule has 4 rings (SSSR count). The Morgan fingerprint density at radius 2 is 1.79 bits per heavy atom. The topological polar surface area (TPSA) is 55.1 Å². The minimum atomic E-state index is -0.118. The van der Waals surface area contributed by atoms with Gasteiger partial charge in [-0.3, -0.25) is 4.79 Å². The average Bonchev–Trinajstić information content (AvgIpc) is 3.10. The van der Waals surface area contributed by atoms with Crippen LogP contribution in [0.4, 0.5) is 5.69 Å². The lowest BCUT2D eigenvalue weighted by Gasteiger charge is -2.07. The zero-order valence-electron chi connectivity index (χ0n) is 15.7. The first-order valence-electron chi connectivity index (χ1n) is 9.04. The summed E-state index contributed by atoms with van der Waals surface area (Å²) in [7, 11) is 0. The van der Waals surface area contributed by atoms with Gasteiger partial charge in [0.05, 0.1) is 0 Å². The lowest BCUT2D eigenvalue weighted by atomic mass is 10.1. The van der Waals surface area contributed by atoms with Crippen LogP contribution in [0.5, 0.6) is 0 Å². The molecule has 1 amide bonds. The third-order valence-electron chi connectivity index (χ3n) is 4.38. The summed E-state index contributed by atoms with van der Waals surface area (Å²) < 4.78 is 5.78. The standard InChI is InChI=1S/C23H20N2O2S/c1-15-6-9-19(10-7-15)24-22(26)18-5-3-4-17(13-18)14-28-23-25-20-12-16(2)8-11-21(20)27-23/h3-13H,14H2,1-2H3,(H,24,26). The second-order valence-corrected chi connectivity index (χ2v) is 7.69. The molecule has 1 heterocycles. The molecule has 4 aromatic rings. The van der Waals surface area contributed by atoms with E-state index in [0.717, 1.165) is 33.5 Å². The summed E-state index contributed by atoms with van der Waals surface area (Å²) in [6, 6.07) is 21.4. The Kier molecular flexibility index (Phi) is 5.17. The van der Waals surface area contributed by atoms with Crippen LogP contribution >= 0.6 is 11.8 Å². The highest BCUT2D eigenvalue weighted by Crippen LogP contribution is 2.27. The molecule has 5 heteroatoms. The van der Waals surface area contributed by atoms with Crippen molar-refractivity contribution in [1.82, 2.24) is 4.98 Å². The van der Waals surface area contributed by atoms with E-state index in [-0.39, 0.29) is 5.91 Å². The van der Waals surface area contributed by atoms with Gasteiger partial charge in [-0.2, -0.15) is 0 Å². The van der Waals surface area contributed by atoms with Gasteiger partial charge < -0.3 is 9.73 Å². The molecule has 1 N–H and O–H groups in total. The number of benzene rings is 3. The molecule has 3 aromatic carbocycles. The number of thioether (sulfide) groups is 1. The number of aryl methyl sites for hydroxylation is 2. The van der Waals surface area contributed by atoms with Gasteiger partial charge >= 0.3 is 0 Å². The van der Waals surface area contributed by atoms with Crippen LogP contribution in [0.1, 0.15) is 27.0 Å². The van der Waals surface area contributed by atoms with Gasteiger partial charge in [0.1, 0.15) is 5.52 Å². The van der Waals surface area contributed by atoms with E-state index in [1.165, 1.54) is 11.8 Å². The maximum atomic E-state index is 12.5. The van der Waals surface area contributed by atoms with Crippen LogP contribution in [0, 0.1) is 13.8 Å². The Balaban J connectivity index is 1.44. The van der Waals surface area contributed by atoms with E-state index in [4.69, 9.17) is 4.42 Å². The number of anilines is 1. The first kappa shape index (κ1) is 18.3. The number of hydrogen-bond acceptors (Lipinski definition) is 4. The molecule has 0 atom stereocenters. The van der Waals surface area contributed by atoms with Crippen LogP contribution in [-0.4, -0.2) is 10.9 Å². The highest BCUT2D eigenvalue weighted by Gasteiger charge is 2.10. The molecule has 0 saturated carbocycles. The van der Waals surface area contributed by atoms with Crippen LogP contribution in [0.25, 0.3) is 11.1 Å². The van der Waals surface area contributed by atoms with Gasteiger partial charge in [-0.05, 0) is 61.4 Å². The second-order valence-electron chi connectivity index (χ2n) is 6.76. The fourth-order valence-corrected chi connectivity index (χ4v) is 3.65. The van der Waals surface area contributed by atoms with Gasteiger partial charge in [-0.1, -0.05) is 47.7 Å². The summed E-state index contributed by atoms with van der Waals surface area (Å²) in [5, 5.41) is 3.57. The molecule has 0 radical (unpaired) electrons. The maximum Gasteiger partial charge on any atom is 0.257 e. The largest absolute Gasteiger partial charge is 0.431 e. The number of oxazole rings is 1. The fourth-order valence-electron chi connectivity index (χ4n) is 2.87. The second kappa shape index (κ2) is 7.90. The molecule has 0 unspecified atom stereocenters. The van der Waals surface area contributed by atoms with E-state index in [2.05, 4.69) is 10.3 Å². The normalized spacial score (nSPS) is 10.9. The summed E-state index contributed by atoms with van der Waals surface area (Å²) in [4.78, 5) is 17.1.